The summed E-state index contributed by atoms with van der Waals surface area (Å²) in [6.07, 6.45) is 0. The average molecular weight is 355 g/mol. The second kappa shape index (κ2) is 7.76. The van der Waals surface area contributed by atoms with Crippen molar-refractivity contribution in [1.29, 1.82) is 0 Å². The lowest BCUT2D eigenvalue weighted by atomic mass is 9.96. The number of anilines is 1. The van der Waals surface area contributed by atoms with E-state index in [2.05, 4.69) is 15.5 Å². The van der Waals surface area contributed by atoms with Gasteiger partial charge in [-0.25, -0.2) is 4.79 Å². The van der Waals surface area contributed by atoms with E-state index < -0.39 is 5.60 Å². The van der Waals surface area contributed by atoms with E-state index >= 15 is 0 Å². The summed E-state index contributed by atoms with van der Waals surface area (Å²) in [4.78, 5) is 14.2. The first-order valence-electron chi connectivity index (χ1n) is 8.65. The van der Waals surface area contributed by atoms with Crippen LogP contribution in [0.15, 0.2) is 48.5 Å². The number of carbonyl (C=O) groups excluding carboxylic acids is 1. The SMILES string of the molecule is COc1ccc(CNC(=O)Nc2ccc(CN3CC(C)(O)C3)cc2)cc1. The highest BCUT2D eigenvalue weighted by atomic mass is 16.5. The predicted molar refractivity (Wildman–Crippen MR) is 101 cm³/mol. The smallest absolute Gasteiger partial charge is 0.319 e. The van der Waals surface area contributed by atoms with Gasteiger partial charge in [-0.2, -0.15) is 0 Å². The quantitative estimate of drug-likeness (QED) is 0.745. The molecule has 3 N–H and O–H groups in total. The number of hydrogen-bond acceptors (Lipinski definition) is 4. The molecule has 6 heteroatoms. The maximum absolute atomic E-state index is 12.0. The fourth-order valence-corrected chi connectivity index (χ4v) is 3.08. The van der Waals surface area contributed by atoms with E-state index in [-0.39, 0.29) is 6.03 Å². The van der Waals surface area contributed by atoms with Crippen LogP contribution in [0.1, 0.15) is 18.1 Å². The van der Waals surface area contributed by atoms with Crippen LogP contribution in [0.2, 0.25) is 0 Å². The fraction of sp³-hybridized carbons (Fsp3) is 0.350. The van der Waals surface area contributed by atoms with Gasteiger partial charge < -0.3 is 20.5 Å². The molecular weight excluding hydrogens is 330 g/mol. The Bertz CT molecular complexity index is 734. The third-order valence-corrected chi connectivity index (χ3v) is 4.36. The van der Waals surface area contributed by atoms with Gasteiger partial charge in [-0.3, -0.25) is 4.90 Å². The summed E-state index contributed by atoms with van der Waals surface area (Å²) in [6.45, 7) is 4.49. The van der Waals surface area contributed by atoms with Crippen molar-refractivity contribution in [3.63, 3.8) is 0 Å². The lowest BCUT2D eigenvalue weighted by Gasteiger charge is -2.44. The van der Waals surface area contributed by atoms with E-state index in [9.17, 15) is 9.90 Å². The van der Waals surface area contributed by atoms with Gasteiger partial charge in [0.2, 0.25) is 0 Å². The second-order valence-electron chi connectivity index (χ2n) is 6.99. The lowest BCUT2D eigenvalue weighted by molar-refractivity contribution is -0.0871. The minimum absolute atomic E-state index is 0.243. The third kappa shape index (κ3) is 4.97. The molecule has 2 amide bonds. The molecule has 1 aliphatic heterocycles. The summed E-state index contributed by atoms with van der Waals surface area (Å²) < 4.78 is 5.11. The number of aliphatic hydroxyl groups is 1. The van der Waals surface area contributed by atoms with Crippen molar-refractivity contribution in [2.45, 2.75) is 25.6 Å². The molecule has 6 nitrogen and oxygen atoms in total. The number of β-amino-alcohol motifs (C(OH)–C–C–N with tert-alkyl or cyclic N) is 1. The number of hydrogen-bond donors (Lipinski definition) is 3. The van der Waals surface area contributed by atoms with Crippen LogP contribution < -0.4 is 15.4 Å². The molecule has 138 valence electrons. The number of amides is 2. The maximum atomic E-state index is 12.0. The standard InChI is InChI=1S/C20H25N3O3/c1-20(25)13-23(14-20)12-16-3-7-17(8-4-16)22-19(24)21-11-15-5-9-18(26-2)10-6-15/h3-10,25H,11-14H2,1-2H3,(H2,21,22,24). The van der Waals surface area contributed by atoms with Crippen LogP contribution in [-0.2, 0) is 13.1 Å². The molecule has 1 aliphatic rings. The summed E-state index contributed by atoms with van der Waals surface area (Å²) in [7, 11) is 1.62. The van der Waals surface area contributed by atoms with Gasteiger partial charge in [0.15, 0.2) is 0 Å². The third-order valence-electron chi connectivity index (χ3n) is 4.36. The molecule has 2 aromatic carbocycles. The van der Waals surface area contributed by atoms with Crippen LogP contribution in [0.3, 0.4) is 0 Å². The van der Waals surface area contributed by atoms with Crippen molar-refractivity contribution in [3.8, 4) is 5.75 Å². The van der Waals surface area contributed by atoms with Crippen molar-refractivity contribution in [1.82, 2.24) is 10.2 Å². The minimum Gasteiger partial charge on any atom is -0.497 e. The molecule has 1 heterocycles. The van der Waals surface area contributed by atoms with Crippen molar-refractivity contribution < 1.29 is 14.6 Å². The molecule has 0 bridgehead atoms. The van der Waals surface area contributed by atoms with Gasteiger partial charge in [-0.15, -0.1) is 0 Å². The van der Waals surface area contributed by atoms with Crippen LogP contribution in [0, 0.1) is 0 Å². The average Bonchev–Trinajstić information content (AvgIpc) is 2.60. The molecule has 0 spiro atoms. The van der Waals surface area contributed by atoms with E-state index in [1.807, 2.05) is 55.5 Å². The minimum atomic E-state index is -0.552. The van der Waals surface area contributed by atoms with Gasteiger partial charge in [-0.1, -0.05) is 24.3 Å². The summed E-state index contributed by atoms with van der Waals surface area (Å²) in [5, 5.41) is 15.4. The summed E-state index contributed by atoms with van der Waals surface area (Å²) >= 11 is 0. The number of nitrogens with one attached hydrogen (secondary N) is 2. The number of urea groups is 1. The van der Waals surface area contributed by atoms with Crippen molar-refractivity contribution in [2.75, 3.05) is 25.5 Å². The largest absolute Gasteiger partial charge is 0.497 e. The van der Waals surface area contributed by atoms with Crippen molar-refractivity contribution in [3.05, 3.63) is 59.7 Å². The van der Waals surface area contributed by atoms with Crippen LogP contribution in [0.5, 0.6) is 5.75 Å². The Hall–Kier alpha value is -2.57. The van der Waals surface area contributed by atoms with Gasteiger partial charge in [0, 0.05) is 31.9 Å². The topological polar surface area (TPSA) is 73.8 Å². The predicted octanol–water partition coefficient (Wildman–Crippen LogP) is 2.58. The van der Waals surface area contributed by atoms with Gasteiger partial charge in [0.1, 0.15) is 5.75 Å². The van der Waals surface area contributed by atoms with Crippen LogP contribution in [-0.4, -0.2) is 41.8 Å². The highest BCUT2D eigenvalue weighted by Gasteiger charge is 2.35. The normalized spacial score (nSPS) is 15.8. The Morgan fingerprint density at radius 2 is 1.73 bits per heavy atom. The molecule has 0 saturated carbocycles. The van der Waals surface area contributed by atoms with Crippen LogP contribution >= 0.6 is 0 Å². The number of likely N-dealkylation sites (tertiary alicyclic amines) is 1. The Kier molecular flexibility index (Phi) is 5.44. The molecule has 0 radical (unpaired) electrons. The first-order valence-corrected chi connectivity index (χ1v) is 8.65. The molecule has 1 saturated heterocycles. The van der Waals surface area contributed by atoms with E-state index in [0.717, 1.165) is 29.1 Å². The molecule has 0 aromatic heterocycles. The molecule has 1 fully saturated rings. The number of rotatable bonds is 6. The highest BCUT2D eigenvalue weighted by molar-refractivity contribution is 5.89. The van der Waals surface area contributed by atoms with Crippen molar-refractivity contribution >= 4 is 11.7 Å². The van der Waals surface area contributed by atoms with Gasteiger partial charge in [0.05, 0.1) is 12.7 Å². The first-order chi connectivity index (χ1) is 12.4. The number of benzene rings is 2. The number of methoxy groups -OCH3 is 1. The Morgan fingerprint density at radius 3 is 2.31 bits per heavy atom. The van der Waals surface area contributed by atoms with E-state index in [1.165, 1.54) is 0 Å². The molecule has 0 aliphatic carbocycles. The monoisotopic (exact) mass is 355 g/mol. The van der Waals surface area contributed by atoms with Gasteiger partial charge in [-0.05, 0) is 42.3 Å². The summed E-state index contributed by atoms with van der Waals surface area (Å²) in [5.41, 5.74) is 2.35. The summed E-state index contributed by atoms with van der Waals surface area (Å²) in [5.74, 6) is 0.792. The van der Waals surface area contributed by atoms with Gasteiger partial charge in [0.25, 0.3) is 0 Å². The number of ether oxygens (including phenoxy) is 1. The van der Waals surface area contributed by atoms with Crippen molar-refractivity contribution in [2.24, 2.45) is 0 Å². The summed E-state index contributed by atoms with van der Waals surface area (Å²) in [6, 6.07) is 15.1. The zero-order valence-electron chi connectivity index (χ0n) is 15.2. The maximum Gasteiger partial charge on any atom is 0.319 e. The molecule has 0 atom stereocenters. The van der Waals surface area contributed by atoms with Gasteiger partial charge >= 0.3 is 6.03 Å². The zero-order valence-corrected chi connectivity index (χ0v) is 15.2. The Morgan fingerprint density at radius 1 is 1.12 bits per heavy atom. The zero-order chi connectivity index (χ0) is 18.6. The molecular formula is C20H25N3O3. The number of carbonyl (C=O) groups is 1. The molecule has 2 aromatic rings. The van der Waals surface area contributed by atoms with Crippen LogP contribution in [0.4, 0.5) is 10.5 Å². The van der Waals surface area contributed by atoms with E-state index in [0.29, 0.717) is 19.6 Å². The molecule has 26 heavy (non-hydrogen) atoms. The Balaban J connectivity index is 1.43. The Labute approximate surface area is 153 Å². The fourth-order valence-electron chi connectivity index (χ4n) is 3.08. The highest BCUT2D eigenvalue weighted by Crippen LogP contribution is 2.22. The lowest BCUT2D eigenvalue weighted by Crippen LogP contribution is -2.59. The second-order valence-corrected chi connectivity index (χ2v) is 6.99. The van der Waals surface area contributed by atoms with E-state index in [1.54, 1.807) is 7.11 Å². The molecule has 3 rings (SSSR count). The molecule has 0 unspecified atom stereocenters. The number of nitrogens with zero attached hydrogens (tertiary/aromatic N) is 1. The van der Waals surface area contributed by atoms with E-state index in [4.69, 9.17) is 4.74 Å². The van der Waals surface area contributed by atoms with Crippen LogP contribution in [0.25, 0.3) is 0 Å². The first kappa shape index (κ1) is 18.2.